The van der Waals surface area contributed by atoms with Crippen LogP contribution in [-0.4, -0.2) is 55.3 Å². The van der Waals surface area contributed by atoms with Crippen molar-refractivity contribution in [2.45, 2.75) is 18.9 Å². The van der Waals surface area contributed by atoms with E-state index in [-0.39, 0.29) is 6.10 Å². The van der Waals surface area contributed by atoms with Crippen molar-refractivity contribution >= 4 is 45.6 Å². The number of rotatable bonds is 6. The number of hydrogen-bond donors (Lipinski definition) is 1. The van der Waals surface area contributed by atoms with Crippen molar-refractivity contribution in [3.8, 4) is 17.2 Å². The van der Waals surface area contributed by atoms with Crippen LogP contribution in [0.1, 0.15) is 12.8 Å². The molecule has 9 heteroatoms. The van der Waals surface area contributed by atoms with E-state index in [0.29, 0.717) is 44.3 Å². The fourth-order valence-electron chi connectivity index (χ4n) is 3.63. The van der Waals surface area contributed by atoms with Crippen LogP contribution in [0.5, 0.6) is 17.2 Å². The first-order valence-electron chi connectivity index (χ1n) is 9.96. The summed E-state index contributed by atoms with van der Waals surface area (Å²) >= 11 is 12.6. The molecule has 0 atom stereocenters. The van der Waals surface area contributed by atoms with Crippen molar-refractivity contribution in [3.05, 3.63) is 40.6 Å². The highest BCUT2D eigenvalue weighted by atomic mass is 35.5. The first-order valence-corrected chi connectivity index (χ1v) is 10.7. The first-order chi connectivity index (χ1) is 15.0. The molecule has 1 fully saturated rings. The molecule has 0 spiro atoms. The van der Waals surface area contributed by atoms with Gasteiger partial charge in [-0.05, 0) is 26.0 Å². The minimum atomic E-state index is 0.110. The number of halogens is 2. The molecule has 0 aliphatic carbocycles. The zero-order valence-corrected chi connectivity index (χ0v) is 19.1. The lowest BCUT2D eigenvalue weighted by Gasteiger charge is -2.29. The Labute approximate surface area is 191 Å². The van der Waals surface area contributed by atoms with Crippen molar-refractivity contribution in [1.82, 2.24) is 14.9 Å². The van der Waals surface area contributed by atoms with Gasteiger partial charge in [-0.2, -0.15) is 0 Å². The first kappa shape index (κ1) is 21.7. The van der Waals surface area contributed by atoms with Gasteiger partial charge in [0.15, 0.2) is 0 Å². The quantitative estimate of drug-likeness (QED) is 0.541. The predicted octanol–water partition coefficient (Wildman–Crippen LogP) is 5.17. The standard InChI is InChI=1S/C22H24Cl2N4O3/c1-28-6-4-13(5-7-28)31-20-9-14(29-2)8-18-21(20)22(26-12-25-18)27-17-11-19(30-3)16(24)10-15(17)23/h8-13H,4-7H2,1-3H3,(H,25,26,27). The highest BCUT2D eigenvalue weighted by Gasteiger charge is 2.21. The van der Waals surface area contributed by atoms with E-state index in [1.165, 1.54) is 6.33 Å². The van der Waals surface area contributed by atoms with Crippen LogP contribution < -0.4 is 19.5 Å². The number of anilines is 2. The Balaban J connectivity index is 1.76. The second-order valence-corrected chi connectivity index (χ2v) is 8.27. The van der Waals surface area contributed by atoms with Crippen molar-refractivity contribution in [2.24, 2.45) is 0 Å². The van der Waals surface area contributed by atoms with E-state index >= 15 is 0 Å². The summed E-state index contributed by atoms with van der Waals surface area (Å²) in [4.78, 5) is 11.2. The Morgan fingerprint density at radius 1 is 0.968 bits per heavy atom. The maximum absolute atomic E-state index is 6.43. The number of hydrogen-bond acceptors (Lipinski definition) is 7. The van der Waals surface area contributed by atoms with Crippen LogP contribution in [0.15, 0.2) is 30.6 Å². The van der Waals surface area contributed by atoms with E-state index in [0.717, 1.165) is 31.3 Å². The molecule has 31 heavy (non-hydrogen) atoms. The third-order valence-electron chi connectivity index (χ3n) is 5.36. The lowest BCUT2D eigenvalue weighted by molar-refractivity contribution is 0.115. The summed E-state index contributed by atoms with van der Waals surface area (Å²) in [5.74, 6) is 2.42. The summed E-state index contributed by atoms with van der Waals surface area (Å²) < 4.78 is 17.2. The van der Waals surface area contributed by atoms with Gasteiger partial charge < -0.3 is 24.4 Å². The summed E-state index contributed by atoms with van der Waals surface area (Å²) in [5, 5.41) is 4.93. The maximum Gasteiger partial charge on any atom is 0.145 e. The van der Waals surface area contributed by atoms with Gasteiger partial charge >= 0.3 is 0 Å². The largest absolute Gasteiger partial charge is 0.497 e. The molecule has 2 aromatic carbocycles. The molecule has 1 N–H and O–H groups in total. The van der Waals surface area contributed by atoms with E-state index in [1.54, 1.807) is 26.4 Å². The number of likely N-dealkylation sites (tertiary alicyclic amines) is 1. The SMILES string of the molecule is COc1cc(OC2CCN(C)CC2)c2c(Nc3cc(OC)c(Cl)cc3Cl)ncnc2c1. The molecule has 1 aliphatic rings. The van der Waals surface area contributed by atoms with Crippen molar-refractivity contribution < 1.29 is 14.2 Å². The zero-order chi connectivity index (χ0) is 22.0. The van der Waals surface area contributed by atoms with E-state index in [4.69, 9.17) is 37.4 Å². The van der Waals surface area contributed by atoms with Crippen LogP contribution in [0, 0.1) is 0 Å². The molecule has 0 saturated carbocycles. The number of ether oxygens (including phenoxy) is 3. The molecule has 0 bridgehead atoms. The van der Waals surface area contributed by atoms with Crippen molar-refractivity contribution in [1.29, 1.82) is 0 Å². The molecule has 4 rings (SSSR count). The van der Waals surface area contributed by atoms with Crippen LogP contribution in [0.3, 0.4) is 0 Å². The lowest BCUT2D eigenvalue weighted by atomic mass is 10.1. The summed E-state index contributed by atoms with van der Waals surface area (Å²) in [6, 6.07) is 7.10. The molecule has 0 amide bonds. The summed E-state index contributed by atoms with van der Waals surface area (Å²) in [6.45, 7) is 1.99. The number of nitrogens with one attached hydrogen (secondary N) is 1. The number of benzene rings is 2. The van der Waals surface area contributed by atoms with Crippen LogP contribution in [-0.2, 0) is 0 Å². The summed E-state index contributed by atoms with van der Waals surface area (Å²) in [5.41, 5.74) is 1.32. The van der Waals surface area contributed by atoms with E-state index in [1.807, 2.05) is 12.1 Å². The number of aromatic nitrogens is 2. The van der Waals surface area contributed by atoms with Gasteiger partial charge in [0, 0.05) is 31.3 Å². The van der Waals surface area contributed by atoms with Gasteiger partial charge in [0.25, 0.3) is 0 Å². The monoisotopic (exact) mass is 462 g/mol. The lowest BCUT2D eigenvalue weighted by Crippen LogP contribution is -2.35. The summed E-state index contributed by atoms with van der Waals surface area (Å²) in [7, 11) is 5.30. The number of piperidine rings is 1. The van der Waals surface area contributed by atoms with Gasteiger partial charge in [-0.25, -0.2) is 9.97 Å². The molecule has 2 heterocycles. The molecule has 1 aromatic heterocycles. The van der Waals surface area contributed by atoms with Crippen LogP contribution in [0.4, 0.5) is 11.5 Å². The second-order valence-electron chi connectivity index (χ2n) is 7.45. The Bertz CT molecular complexity index is 1090. The maximum atomic E-state index is 6.43. The molecular weight excluding hydrogens is 439 g/mol. The highest BCUT2D eigenvalue weighted by molar-refractivity contribution is 6.37. The van der Waals surface area contributed by atoms with E-state index < -0.39 is 0 Å². The Kier molecular flexibility index (Phi) is 6.55. The third kappa shape index (κ3) is 4.74. The second kappa shape index (κ2) is 9.34. The van der Waals surface area contributed by atoms with E-state index in [9.17, 15) is 0 Å². The molecular formula is C22H24Cl2N4O3. The minimum absolute atomic E-state index is 0.110. The smallest absolute Gasteiger partial charge is 0.145 e. The molecule has 0 radical (unpaired) electrons. The number of methoxy groups -OCH3 is 2. The molecule has 3 aromatic rings. The van der Waals surface area contributed by atoms with Crippen LogP contribution in [0.2, 0.25) is 10.0 Å². The van der Waals surface area contributed by atoms with Gasteiger partial charge in [-0.1, -0.05) is 23.2 Å². The number of nitrogens with zero attached hydrogens (tertiary/aromatic N) is 3. The highest BCUT2D eigenvalue weighted by Crippen LogP contribution is 2.39. The van der Waals surface area contributed by atoms with Gasteiger partial charge in [-0.3, -0.25) is 0 Å². The van der Waals surface area contributed by atoms with Crippen molar-refractivity contribution in [2.75, 3.05) is 39.7 Å². The molecule has 7 nitrogen and oxygen atoms in total. The minimum Gasteiger partial charge on any atom is -0.497 e. The Morgan fingerprint density at radius 2 is 1.74 bits per heavy atom. The Hall–Kier alpha value is -2.48. The summed E-state index contributed by atoms with van der Waals surface area (Å²) in [6.07, 6.45) is 3.50. The molecule has 164 valence electrons. The van der Waals surface area contributed by atoms with Crippen molar-refractivity contribution in [3.63, 3.8) is 0 Å². The average Bonchev–Trinajstić information content (AvgIpc) is 2.77. The fourth-order valence-corrected chi connectivity index (χ4v) is 4.13. The van der Waals surface area contributed by atoms with Crippen LogP contribution in [0.25, 0.3) is 10.9 Å². The predicted molar refractivity (Wildman–Crippen MR) is 124 cm³/mol. The topological polar surface area (TPSA) is 68.7 Å². The number of fused-ring (bicyclic) bond motifs is 1. The van der Waals surface area contributed by atoms with Crippen LogP contribution >= 0.6 is 23.2 Å². The molecule has 1 saturated heterocycles. The zero-order valence-electron chi connectivity index (χ0n) is 17.6. The molecule has 1 aliphatic heterocycles. The molecule has 0 unspecified atom stereocenters. The van der Waals surface area contributed by atoms with Gasteiger partial charge in [0.2, 0.25) is 0 Å². The average molecular weight is 463 g/mol. The normalized spacial score (nSPS) is 15.1. The fraction of sp³-hybridized carbons (Fsp3) is 0.364. The van der Waals surface area contributed by atoms with Gasteiger partial charge in [-0.15, -0.1) is 0 Å². The van der Waals surface area contributed by atoms with Gasteiger partial charge in [0.1, 0.15) is 35.5 Å². The van der Waals surface area contributed by atoms with E-state index in [2.05, 4.69) is 27.2 Å². The third-order valence-corrected chi connectivity index (χ3v) is 5.97. The Morgan fingerprint density at radius 3 is 2.45 bits per heavy atom. The van der Waals surface area contributed by atoms with Gasteiger partial charge in [0.05, 0.1) is 40.9 Å².